The van der Waals surface area contributed by atoms with Crippen LogP contribution < -0.4 is 0 Å². The highest BCUT2D eigenvalue weighted by atomic mass is 15.1. The SMILES string of the molecule is c1ccc2c(c1)-c1ccccc1-n1c3cc4c5ccccc5n(-c5nc6ccccc6nc5-c5ccc6ccc7ccccc7c6c5)c4cc3c3cccc-2c31. The van der Waals surface area contributed by atoms with Crippen molar-refractivity contribution in [2.24, 2.45) is 0 Å². The second kappa shape index (κ2) is 11.0. The minimum atomic E-state index is 0.818. The van der Waals surface area contributed by atoms with Crippen LogP contribution in [0.1, 0.15) is 0 Å². The smallest absolute Gasteiger partial charge is 0.165 e. The van der Waals surface area contributed by atoms with Crippen molar-refractivity contribution in [2.75, 3.05) is 0 Å². The number of hydrogen-bond acceptors (Lipinski definition) is 2. The standard InChI is InChI=1S/C52H30N4/c1-2-13-34-31(12-1)24-25-32-26-27-33(28-41(32)34)50-52(54-45-21-8-7-20-44(45)53-50)56-47-23-10-6-17-38(47)42-29-48-43(30-49(42)56)40-19-11-18-39-36-15-4-3-14-35(36)37-16-5-9-22-46(37)55(48)51(39)40/h1-30H. The first kappa shape index (κ1) is 29.8. The lowest BCUT2D eigenvalue weighted by Gasteiger charge is -2.15. The van der Waals surface area contributed by atoms with Crippen LogP contribution in [0, 0.1) is 0 Å². The Morgan fingerprint density at radius 2 is 0.929 bits per heavy atom. The van der Waals surface area contributed by atoms with Gasteiger partial charge in [-0.3, -0.25) is 4.57 Å². The van der Waals surface area contributed by atoms with Crippen LogP contribution in [-0.2, 0) is 0 Å². The quantitative estimate of drug-likeness (QED) is 0.167. The molecule has 4 heteroatoms. The first-order chi connectivity index (χ1) is 27.8. The van der Waals surface area contributed by atoms with Gasteiger partial charge in [-0.05, 0) is 75.1 Å². The lowest BCUT2D eigenvalue weighted by molar-refractivity contribution is 1.08. The molecule has 0 N–H and O–H groups in total. The Morgan fingerprint density at radius 3 is 1.79 bits per heavy atom. The van der Waals surface area contributed by atoms with Crippen molar-refractivity contribution < 1.29 is 0 Å². The van der Waals surface area contributed by atoms with Crippen molar-refractivity contribution in [2.45, 2.75) is 0 Å². The van der Waals surface area contributed by atoms with E-state index in [1.807, 2.05) is 12.1 Å². The molecule has 0 atom stereocenters. The van der Waals surface area contributed by atoms with E-state index in [0.717, 1.165) is 39.1 Å². The highest BCUT2D eigenvalue weighted by Gasteiger charge is 2.26. The molecule has 0 saturated heterocycles. The van der Waals surface area contributed by atoms with Crippen LogP contribution in [0.3, 0.4) is 0 Å². The monoisotopic (exact) mass is 710 g/mol. The molecule has 0 bridgehead atoms. The average molecular weight is 711 g/mol. The minimum absolute atomic E-state index is 0.818. The molecule has 56 heavy (non-hydrogen) atoms. The second-order valence-electron chi connectivity index (χ2n) is 14.9. The van der Waals surface area contributed by atoms with Crippen LogP contribution in [0.25, 0.3) is 121 Å². The van der Waals surface area contributed by atoms with Crippen molar-refractivity contribution in [3.8, 4) is 45.0 Å². The van der Waals surface area contributed by atoms with Crippen molar-refractivity contribution in [1.82, 2.24) is 19.1 Å². The van der Waals surface area contributed by atoms with Crippen LogP contribution in [0.2, 0.25) is 0 Å². The number of nitrogens with zero attached hydrogens (tertiary/aromatic N) is 4. The Hall–Kier alpha value is -7.56. The van der Waals surface area contributed by atoms with E-state index in [1.54, 1.807) is 0 Å². The maximum Gasteiger partial charge on any atom is 0.165 e. The summed E-state index contributed by atoms with van der Waals surface area (Å²) in [5, 5.41) is 9.66. The number of para-hydroxylation sites is 5. The summed E-state index contributed by atoms with van der Waals surface area (Å²) >= 11 is 0. The second-order valence-corrected chi connectivity index (χ2v) is 14.9. The van der Waals surface area contributed by atoms with E-state index in [9.17, 15) is 0 Å². The van der Waals surface area contributed by atoms with Crippen LogP contribution in [0.4, 0.5) is 0 Å². The average Bonchev–Trinajstić information content (AvgIpc) is 3.72. The number of fused-ring (bicyclic) bond motifs is 15. The Bertz CT molecular complexity index is 3660. The van der Waals surface area contributed by atoms with Gasteiger partial charge >= 0.3 is 0 Å². The van der Waals surface area contributed by atoms with Crippen molar-refractivity contribution in [3.63, 3.8) is 0 Å². The largest absolute Gasteiger partial charge is 0.308 e. The van der Waals surface area contributed by atoms with Gasteiger partial charge in [0, 0.05) is 38.2 Å². The highest BCUT2D eigenvalue weighted by Crippen LogP contribution is 2.48. The summed E-state index contributed by atoms with van der Waals surface area (Å²) in [7, 11) is 0. The molecule has 0 saturated carbocycles. The molecule has 1 aliphatic rings. The third-order valence-corrected chi connectivity index (χ3v) is 12.0. The van der Waals surface area contributed by atoms with E-state index < -0.39 is 0 Å². The molecular formula is C52H30N4. The number of rotatable bonds is 2. The predicted octanol–water partition coefficient (Wildman–Crippen LogP) is 13.4. The lowest BCUT2D eigenvalue weighted by Crippen LogP contribution is -2.03. The molecule has 0 amide bonds. The van der Waals surface area contributed by atoms with E-state index in [-0.39, 0.29) is 0 Å². The fraction of sp³-hybridized carbons (Fsp3) is 0. The molecule has 9 aromatic carbocycles. The van der Waals surface area contributed by atoms with E-state index >= 15 is 0 Å². The minimum Gasteiger partial charge on any atom is -0.308 e. The van der Waals surface area contributed by atoms with E-state index in [1.165, 1.54) is 82.1 Å². The van der Waals surface area contributed by atoms with E-state index in [4.69, 9.17) is 9.97 Å². The number of hydrogen-bond donors (Lipinski definition) is 0. The predicted molar refractivity (Wildman–Crippen MR) is 233 cm³/mol. The Kier molecular flexibility index (Phi) is 5.86. The Balaban J connectivity index is 1.17. The van der Waals surface area contributed by atoms with Crippen LogP contribution in [-0.4, -0.2) is 19.1 Å². The third kappa shape index (κ3) is 3.97. The molecule has 13 rings (SSSR count). The van der Waals surface area contributed by atoms with Gasteiger partial charge < -0.3 is 4.57 Å². The molecule has 258 valence electrons. The van der Waals surface area contributed by atoms with Gasteiger partial charge in [-0.15, -0.1) is 0 Å². The van der Waals surface area contributed by atoms with Gasteiger partial charge in [0.15, 0.2) is 5.82 Å². The molecule has 4 heterocycles. The van der Waals surface area contributed by atoms with Crippen LogP contribution in [0.15, 0.2) is 182 Å². The fourth-order valence-corrected chi connectivity index (χ4v) is 9.56. The summed E-state index contributed by atoms with van der Waals surface area (Å²) in [6, 6.07) is 66.0. The van der Waals surface area contributed by atoms with Crippen LogP contribution in [0.5, 0.6) is 0 Å². The molecule has 0 radical (unpaired) electrons. The summed E-state index contributed by atoms with van der Waals surface area (Å²) in [5.41, 5.74) is 14.4. The van der Waals surface area contributed by atoms with Gasteiger partial charge in [0.05, 0.1) is 38.8 Å². The summed E-state index contributed by atoms with van der Waals surface area (Å²) < 4.78 is 4.86. The zero-order chi connectivity index (χ0) is 36.5. The molecule has 0 unspecified atom stereocenters. The van der Waals surface area contributed by atoms with E-state index in [0.29, 0.717) is 0 Å². The number of aromatic nitrogens is 4. The van der Waals surface area contributed by atoms with Gasteiger partial charge in [-0.2, -0.15) is 0 Å². The van der Waals surface area contributed by atoms with Crippen molar-refractivity contribution in [1.29, 1.82) is 0 Å². The molecule has 0 aliphatic carbocycles. The maximum atomic E-state index is 5.49. The van der Waals surface area contributed by atoms with Crippen LogP contribution >= 0.6 is 0 Å². The molecule has 12 aromatic rings. The highest BCUT2D eigenvalue weighted by molar-refractivity contribution is 6.22. The summed E-state index contributed by atoms with van der Waals surface area (Å²) in [6.45, 7) is 0. The van der Waals surface area contributed by atoms with Gasteiger partial charge in [0.2, 0.25) is 0 Å². The summed E-state index contributed by atoms with van der Waals surface area (Å²) in [4.78, 5) is 10.9. The van der Waals surface area contributed by atoms with Gasteiger partial charge in [-0.1, -0.05) is 140 Å². The number of benzene rings is 9. The molecule has 0 fully saturated rings. The third-order valence-electron chi connectivity index (χ3n) is 12.0. The van der Waals surface area contributed by atoms with Gasteiger partial charge in [0.1, 0.15) is 5.69 Å². The molecule has 4 nitrogen and oxygen atoms in total. The Morgan fingerprint density at radius 1 is 0.339 bits per heavy atom. The Labute approximate surface area is 321 Å². The van der Waals surface area contributed by atoms with Gasteiger partial charge in [-0.25, -0.2) is 9.97 Å². The lowest BCUT2D eigenvalue weighted by atomic mass is 9.94. The van der Waals surface area contributed by atoms with Crippen molar-refractivity contribution in [3.05, 3.63) is 182 Å². The molecular weight excluding hydrogens is 681 g/mol. The molecule has 1 aliphatic heterocycles. The van der Waals surface area contributed by atoms with Gasteiger partial charge in [0.25, 0.3) is 0 Å². The first-order valence-electron chi connectivity index (χ1n) is 19.2. The molecule has 3 aromatic heterocycles. The first-order valence-corrected chi connectivity index (χ1v) is 19.2. The molecule has 0 spiro atoms. The topological polar surface area (TPSA) is 35.6 Å². The maximum absolute atomic E-state index is 5.49. The van der Waals surface area contributed by atoms with E-state index in [2.05, 4.69) is 179 Å². The van der Waals surface area contributed by atoms with Crippen molar-refractivity contribution >= 4 is 76.2 Å². The summed E-state index contributed by atoms with van der Waals surface area (Å²) in [6.07, 6.45) is 0. The normalized spacial score (nSPS) is 12.3. The summed E-state index contributed by atoms with van der Waals surface area (Å²) in [5.74, 6) is 0.818. The fourth-order valence-electron chi connectivity index (χ4n) is 9.56. The zero-order valence-corrected chi connectivity index (χ0v) is 30.1. The zero-order valence-electron chi connectivity index (χ0n) is 30.1.